The summed E-state index contributed by atoms with van der Waals surface area (Å²) < 4.78 is 17.6. The van der Waals surface area contributed by atoms with Gasteiger partial charge in [-0.3, -0.25) is 4.79 Å². The zero-order valence-electron chi connectivity index (χ0n) is 15.0. The lowest BCUT2D eigenvalue weighted by Gasteiger charge is -2.03. The van der Waals surface area contributed by atoms with E-state index in [0.717, 1.165) is 16.2 Å². The van der Waals surface area contributed by atoms with Crippen molar-refractivity contribution in [3.05, 3.63) is 65.3 Å². The molecule has 0 aliphatic carbocycles. The van der Waals surface area contributed by atoms with Gasteiger partial charge in [-0.2, -0.15) is 0 Å². The summed E-state index contributed by atoms with van der Waals surface area (Å²) in [5, 5.41) is 5.15. The van der Waals surface area contributed by atoms with Crippen LogP contribution in [-0.4, -0.2) is 29.7 Å². The lowest BCUT2D eigenvalue weighted by Crippen LogP contribution is -2.11. The Hall–Kier alpha value is -2.71. The summed E-state index contributed by atoms with van der Waals surface area (Å²) in [6.45, 7) is 0. The van der Waals surface area contributed by atoms with Crippen molar-refractivity contribution in [2.45, 2.75) is 11.3 Å². The number of nitrogens with zero attached hydrogens (tertiary/aromatic N) is 1. The second-order valence-electron chi connectivity index (χ2n) is 5.71. The number of amides is 1. The predicted molar refractivity (Wildman–Crippen MR) is 109 cm³/mol. The zero-order chi connectivity index (χ0) is 19.9. The Balaban J connectivity index is 1.51. The molecule has 3 aromatic rings. The van der Waals surface area contributed by atoms with Gasteiger partial charge in [0.05, 0.1) is 18.4 Å². The zero-order valence-corrected chi connectivity index (χ0v) is 16.6. The maximum Gasteiger partial charge on any atom is 0.337 e. The van der Waals surface area contributed by atoms with Gasteiger partial charge in [0.25, 0.3) is 0 Å². The van der Waals surface area contributed by atoms with E-state index in [9.17, 15) is 14.0 Å². The van der Waals surface area contributed by atoms with Crippen LogP contribution in [0.4, 0.5) is 9.52 Å². The molecule has 1 amide bonds. The van der Waals surface area contributed by atoms with Crippen molar-refractivity contribution >= 4 is 40.1 Å². The summed E-state index contributed by atoms with van der Waals surface area (Å²) >= 11 is 2.83. The second-order valence-corrected chi connectivity index (χ2v) is 7.73. The first-order chi connectivity index (χ1) is 13.5. The van der Waals surface area contributed by atoms with Gasteiger partial charge in [-0.1, -0.05) is 12.1 Å². The number of methoxy groups -OCH3 is 1. The van der Waals surface area contributed by atoms with Gasteiger partial charge in [0, 0.05) is 28.0 Å². The predicted octanol–water partition coefficient (Wildman–Crippen LogP) is 4.86. The highest BCUT2D eigenvalue weighted by Crippen LogP contribution is 2.26. The van der Waals surface area contributed by atoms with Crippen LogP contribution in [0, 0.1) is 5.82 Å². The van der Waals surface area contributed by atoms with Crippen LogP contribution in [-0.2, 0) is 9.53 Å². The molecule has 1 heterocycles. The molecule has 0 spiro atoms. The molecule has 3 rings (SSSR count). The van der Waals surface area contributed by atoms with E-state index in [0.29, 0.717) is 22.9 Å². The van der Waals surface area contributed by atoms with Crippen LogP contribution in [0.3, 0.4) is 0 Å². The Kier molecular flexibility index (Phi) is 6.78. The highest BCUT2D eigenvalue weighted by atomic mass is 32.2. The van der Waals surface area contributed by atoms with Crippen molar-refractivity contribution < 1.29 is 18.7 Å². The van der Waals surface area contributed by atoms with Gasteiger partial charge >= 0.3 is 5.97 Å². The summed E-state index contributed by atoms with van der Waals surface area (Å²) in [6, 6.07) is 13.1. The van der Waals surface area contributed by atoms with Crippen LogP contribution >= 0.6 is 23.1 Å². The molecule has 1 N–H and O–H groups in total. The third kappa shape index (κ3) is 5.40. The first kappa shape index (κ1) is 20.0. The van der Waals surface area contributed by atoms with Crippen LogP contribution in [0.5, 0.6) is 0 Å². The quantitative estimate of drug-likeness (QED) is 0.440. The number of carbonyl (C=O) groups excluding carboxylic acids is 2. The summed E-state index contributed by atoms with van der Waals surface area (Å²) in [7, 11) is 1.34. The first-order valence-electron chi connectivity index (χ1n) is 8.37. The fourth-order valence-electron chi connectivity index (χ4n) is 2.33. The molecule has 0 saturated heterocycles. The number of thioether (sulfide) groups is 1. The minimum absolute atomic E-state index is 0.128. The number of benzene rings is 2. The molecule has 0 bridgehead atoms. The Morgan fingerprint density at radius 3 is 2.54 bits per heavy atom. The molecule has 0 fully saturated rings. The number of esters is 1. The molecule has 0 atom stereocenters. The molecule has 0 radical (unpaired) electrons. The Morgan fingerprint density at radius 2 is 1.86 bits per heavy atom. The number of thiazole rings is 1. The molecule has 0 unspecified atom stereocenters. The number of ether oxygens (including phenoxy) is 1. The Morgan fingerprint density at radius 1 is 1.14 bits per heavy atom. The monoisotopic (exact) mass is 416 g/mol. The van der Waals surface area contributed by atoms with Crippen molar-refractivity contribution in [2.24, 2.45) is 0 Å². The van der Waals surface area contributed by atoms with E-state index in [-0.39, 0.29) is 11.7 Å². The molecule has 1 aromatic heterocycles. The number of hydrogen-bond acceptors (Lipinski definition) is 6. The minimum atomic E-state index is -0.392. The molecule has 144 valence electrons. The smallest absolute Gasteiger partial charge is 0.337 e. The topological polar surface area (TPSA) is 68.3 Å². The van der Waals surface area contributed by atoms with E-state index in [1.54, 1.807) is 36.4 Å². The highest BCUT2D eigenvalue weighted by Gasteiger charge is 2.10. The van der Waals surface area contributed by atoms with Crippen LogP contribution in [0.25, 0.3) is 11.3 Å². The number of carbonyl (C=O) groups is 2. The first-order valence-corrected chi connectivity index (χ1v) is 10.2. The summed E-state index contributed by atoms with van der Waals surface area (Å²) in [4.78, 5) is 28.9. The number of nitrogens with one attached hydrogen (secondary N) is 1. The number of anilines is 1. The molecule has 2 aromatic carbocycles. The third-order valence-corrected chi connectivity index (χ3v) is 5.54. The van der Waals surface area contributed by atoms with Crippen molar-refractivity contribution in [3.63, 3.8) is 0 Å². The fraction of sp³-hybridized carbons (Fsp3) is 0.150. The Labute approximate surface area is 170 Å². The van der Waals surface area contributed by atoms with E-state index in [4.69, 9.17) is 0 Å². The molecule has 5 nitrogen and oxygen atoms in total. The molecular weight excluding hydrogens is 399 g/mol. The number of hydrogen-bond donors (Lipinski definition) is 1. The van der Waals surface area contributed by atoms with Crippen LogP contribution in [0.1, 0.15) is 16.8 Å². The van der Waals surface area contributed by atoms with Crippen LogP contribution in [0.15, 0.2) is 58.8 Å². The number of rotatable bonds is 7. The number of aromatic nitrogens is 1. The molecule has 0 aliphatic heterocycles. The van der Waals surface area contributed by atoms with Crippen molar-refractivity contribution in [2.75, 3.05) is 18.2 Å². The average molecular weight is 416 g/mol. The van der Waals surface area contributed by atoms with E-state index in [2.05, 4.69) is 15.0 Å². The lowest BCUT2D eigenvalue weighted by atomic mass is 10.1. The molecular formula is C20H17FN2O3S2. The maximum atomic E-state index is 12.9. The third-order valence-electron chi connectivity index (χ3n) is 3.76. The van der Waals surface area contributed by atoms with E-state index in [1.165, 1.54) is 42.3 Å². The highest BCUT2D eigenvalue weighted by molar-refractivity contribution is 7.99. The van der Waals surface area contributed by atoms with Gasteiger partial charge in [-0.15, -0.1) is 23.1 Å². The fourth-order valence-corrected chi connectivity index (χ4v) is 3.92. The van der Waals surface area contributed by atoms with Crippen molar-refractivity contribution in [1.82, 2.24) is 4.98 Å². The standard InChI is InChI=1S/C20H17FN2O3S2/c1-26-19(25)14-4-2-13(3-5-14)17-12-28-20(22-17)23-18(24)10-11-27-16-8-6-15(21)7-9-16/h2-9,12H,10-11H2,1H3,(H,22,23,24). The largest absolute Gasteiger partial charge is 0.465 e. The average Bonchev–Trinajstić information content (AvgIpc) is 3.17. The summed E-state index contributed by atoms with van der Waals surface area (Å²) in [5.74, 6) is -0.209. The molecule has 0 aliphatic rings. The second kappa shape index (κ2) is 9.48. The molecule has 8 heteroatoms. The van der Waals surface area contributed by atoms with Gasteiger partial charge < -0.3 is 10.1 Å². The van der Waals surface area contributed by atoms with Gasteiger partial charge in [0.15, 0.2) is 5.13 Å². The van der Waals surface area contributed by atoms with E-state index >= 15 is 0 Å². The lowest BCUT2D eigenvalue weighted by molar-refractivity contribution is -0.115. The van der Waals surface area contributed by atoms with E-state index in [1.807, 2.05) is 5.38 Å². The number of halogens is 1. The molecule has 28 heavy (non-hydrogen) atoms. The maximum absolute atomic E-state index is 12.9. The summed E-state index contributed by atoms with van der Waals surface area (Å²) in [6.07, 6.45) is 0.324. The van der Waals surface area contributed by atoms with Gasteiger partial charge in [-0.25, -0.2) is 14.2 Å². The summed E-state index contributed by atoms with van der Waals surface area (Å²) in [5.41, 5.74) is 2.03. The Bertz CT molecular complexity index is 956. The van der Waals surface area contributed by atoms with E-state index < -0.39 is 5.97 Å². The van der Waals surface area contributed by atoms with Gasteiger partial charge in [0.1, 0.15) is 5.82 Å². The SMILES string of the molecule is COC(=O)c1ccc(-c2csc(NC(=O)CCSc3ccc(F)cc3)n2)cc1. The van der Waals surface area contributed by atoms with Gasteiger partial charge in [0.2, 0.25) is 5.91 Å². The van der Waals surface area contributed by atoms with Crippen LogP contribution in [0.2, 0.25) is 0 Å². The van der Waals surface area contributed by atoms with Crippen molar-refractivity contribution in [1.29, 1.82) is 0 Å². The van der Waals surface area contributed by atoms with Crippen LogP contribution < -0.4 is 5.32 Å². The van der Waals surface area contributed by atoms with Gasteiger partial charge in [-0.05, 0) is 36.4 Å². The normalized spacial score (nSPS) is 10.5. The molecule has 0 saturated carbocycles. The minimum Gasteiger partial charge on any atom is -0.465 e. The van der Waals surface area contributed by atoms with Crippen molar-refractivity contribution in [3.8, 4) is 11.3 Å².